The second-order valence-corrected chi connectivity index (χ2v) is 16.2. The van der Waals surface area contributed by atoms with E-state index in [0.29, 0.717) is 18.0 Å². The highest BCUT2D eigenvalue weighted by Crippen LogP contribution is 2.37. The van der Waals surface area contributed by atoms with E-state index in [9.17, 15) is 5.11 Å². The molecule has 256 valence electrons. The van der Waals surface area contributed by atoms with Crippen molar-refractivity contribution in [2.45, 2.75) is 76.8 Å². The van der Waals surface area contributed by atoms with Gasteiger partial charge in [0, 0.05) is 8.95 Å². The van der Waals surface area contributed by atoms with Gasteiger partial charge in [-0.05, 0) is 152 Å². The topological polar surface area (TPSA) is 57.2 Å². The number of hydrogen-bond acceptors (Lipinski definition) is 5. The minimum absolute atomic E-state index is 0.310. The molecule has 50 heavy (non-hydrogen) atoms. The normalized spacial score (nSPS) is 17.5. The first-order valence-corrected chi connectivity index (χ1v) is 18.8. The molecule has 0 bridgehead atoms. The van der Waals surface area contributed by atoms with Crippen molar-refractivity contribution in [1.82, 2.24) is 0 Å². The lowest BCUT2D eigenvalue weighted by Gasteiger charge is -2.32. The fraction of sp³-hybridized carbons (Fsp3) is 0.286. The third-order valence-electron chi connectivity index (χ3n) is 9.58. The molecule has 1 N–H and O–H groups in total. The summed E-state index contributed by atoms with van der Waals surface area (Å²) in [6, 6.07) is 36.5. The maximum absolute atomic E-state index is 9.19. The van der Waals surface area contributed by atoms with Crippen LogP contribution in [0.25, 0.3) is 32.3 Å². The van der Waals surface area contributed by atoms with E-state index in [2.05, 4.69) is 126 Å². The Labute approximate surface area is 311 Å². The summed E-state index contributed by atoms with van der Waals surface area (Å²) in [7, 11) is -0.313. The lowest BCUT2D eigenvalue weighted by molar-refractivity contribution is 0.00578. The summed E-state index contributed by atoms with van der Waals surface area (Å²) in [5.74, 6) is 2.26. The molecule has 0 aromatic heterocycles. The van der Waals surface area contributed by atoms with Crippen molar-refractivity contribution in [1.29, 1.82) is 0 Å². The average molecular weight is 796 g/mol. The van der Waals surface area contributed by atoms with E-state index in [1.54, 1.807) is 12.1 Å². The molecule has 1 saturated heterocycles. The van der Waals surface area contributed by atoms with Gasteiger partial charge in [0.05, 0.1) is 23.4 Å². The van der Waals surface area contributed by atoms with Crippen molar-refractivity contribution in [3.05, 3.63) is 118 Å². The van der Waals surface area contributed by atoms with E-state index >= 15 is 0 Å². The highest BCUT2D eigenvalue weighted by Gasteiger charge is 2.51. The van der Waals surface area contributed by atoms with E-state index < -0.39 is 0 Å². The molecule has 2 saturated carbocycles. The fourth-order valence-corrected chi connectivity index (χ4v) is 6.43. The van der Waals surface area contributed by atoms with Gasteiger partial charge in [-0.15, -0.1) is 0 Å². The maximum Gasteiger partial charge on any atom is 0.494 e. The second-order valence-electron chi connectivity index (χ2n) is 14.3. The van der Waals surface area contributed by atoms with Crippen LogP contribution in [0.4, 0.5) is 0 Å². The molecule has 0 spiro atoms. The Morgan fingerprint density at radius 2 is 0.940 bits per heavy atom. The summed E-state index contributed by atoms with van der Waals surface area (Å²) in [6.07, 6.45) is 5.67. The van der Waals surface area contributed by atoms with Crippen molar-refractivity contribution in [3.8, 4) is 17.2 Å². The Morgan fingerprint density at radius 3 is 1.44 bits per heavy atom. The van der Waals surface area contributed by atoms with Gasteiger partial charge in [-0.25, -0.2) is 0 Å². The first-order chi connectivity index (χ1) is 23.9. The van der Waals surface area contributed by atoms with E-state index in [4.69, 9.17) is 18.8 Å². The molecule has 0 atom stereocenters. The van der Waals surface area contributed by atoms with Crippen LogP contribution in [-0.4, -0.2) is 35.6 Å². The summed E-state index contributed by atoms with van der Waals surface area (Å²) in [6.45, 7) is 8.32. The first-order valence-electron chi connectivity index (χ1n) is 17.2. The van der Waals surface area contributed by atoms with E-state index in [1.165, 1.54) is 47.2 Å². The number of phenolic OH excluding ortho intramolecular Hbond substituents is 1. The zero-order chi connectivity index (χ0) is 35.0. The average Bonchev–Trinajstić information content (AvgIpc) is 4.02. The molecule has 9 rings (SSSR count). The zero-order valence-corrected chi connectivity index (χ0v) is 32.0. The standard InChI is InChI=1S/C19H23BO3.C13H11BrO.C10H7BrO/c1-18(2)19(3,4)23-20(22-18)15-7-5-14-12-17(21-16-9-10-16)8-6-13(14)11-15;14-11-3-1-10-8-13(15-12-5-6-12)4-2-9(10)7-11;11-9-3-1-8-6-10(12)4-2-7(8)5-9/h5-8,11-12,16H,9-10H2,1-4H3;1-4,7-8,12H,5-6H2;1-6,12H. The van der Waals surface area contributed by atoms with Crippen LogP contribution in [0.2, 0.25) is 0 Å². The monoisotopic (exact) mass is 794 g/mol. The van der Waals surface area contributed by atoms with E-state index in [1.807, 2.05) is 30.3 Å². The van der Waals surface area contributed by atoms with Gasteiger partial charge in [0.25, 0.3) is 0 Å². The van der Waals surface area contributed by atoms with Crippen molar-refractivity contribution < 1.29 is 23.9 Å². The minimum atomic E-state index is -0.313. The number of phenols is 1. The molecule has 3 fully saturated rings. The summed E-state index contributed by atoms with van der Waals surface area (Å²) >= 11 is 6.86. The molecule has 5 nitrogen and oxygen atoms in total. The summed E-state index contributed by atoms with van der Waals surface area (Å²) < 4.78 is 26.1. The van der Waals surface area contributed by atoms with Crippen LogP contribution in [0.5, 0.6) is 17.2 Å². The molecule has 3 aliphatic rings. The molecule has 6 aromatic rings. The van der Waals surface area contributed by atoms with Crippen LogP contribution < -0.4 is 14.9 Å². The minimum Gasteiger partial charge on any atom is -0.508 e. The van der Waals surface area contributed by atoms with Gasteiger partial charge >= 0.3 is 7.12 Å². The number of rotatable bonds is 5. The molecule has 0 amide bonds. The number of aromatic hydroxyl groups is 1. The van der Waals surface area contributed by atoms with Crippen LogP contribution in [0.3, 0.4) is 0 Å². The van der Waals surface area contributed by atoms with Crippen LogP contribution in [0.15, 0.2) is 118 Å². The Bertz CT molecular complexity index is 2100. The molecule has 2 aliphatic carbocycles. The summed E-state index contributed by atoms with van der Waals surface area (Å²) in [5, 5.41) is 16.2. The smallest absolute Gasteiger partial charge is 0.494 e. The number of benzene rings is 6. The lowest BCUT2D eigenvalue weighted by atomic mass is 9.78. The van der Waals surface area contributed by atoms with Gasteiger partial charge in [0.2, 0.25) is 0 Å². The van der Waals surface area contributed by atoms with Crippen LogP contribution in [0, 0.1) is 0 Å². The Hall–Kier alpha value is -3.56. The van der Waals surface area contributed by atoms with Crippen LogP contribution in [0.1, 0.15) is 53.4 Å². The summed E-state index contributed by atoms with van der Waals surface area (Å²) in [5.41, 5.74) is 0.440. The van der Waals surface area contributed by atoms with Crippen molar-refractivity contribution in [3.63, 3.8) is 0 Å². The summed E-state index contributed by atoms with van der Waals surface area (Å²) in [4.78, 5) is 0. The molecular weight excluding hydrogens is 755 g/mol. The molecule has 1 aliphatic heterocycles. The second kappa shape index (κ2) is 14.2. The number of fused-ring (bicyclic) bond motifs is 3. The van der Waals surface area contributed by atoms with Crippen molar-refractivity contribution in [2.75, 3.05) is 0 Å². The van der Waals surface area contributed by atoms with Gasteiger partial charge in [-0.2, -0.15) is 0 Å². The third-order valence-corrected chi connectivity index (χ3v) is 10.6. The molecule has 1 heterocycles. The highest BCUT2D eigenvalue weighted by atomic mass is 79.9. The zero-order valence-electron chi connectivity index (χ0n) is 28.8. The Kier molecular flexibility index (Phi) is 9.92. The number of hydrogen-bond donors (Lipinski definition) is 1. The largest absolute Gasteiger partial charge is 0.508 e. The van der Waals surface area contributed by atoms with Crippen LogP contribution >= 0.6 is 31.9 Å². The Balaban J connectivity index is 0.000000125. The molecular formula is C42H41BBr2O5. The SMILES string of the molecule is Brc1ccc2cc(OC3CC3)ccc2c1.CC1(C)OB(c2ccc3cc(OC4CC4)ccc3c2)OC1(C)C.Oc1ccc2cc(Br)ccc2c1. The van der Waals surface area contributed by atoms with Crippen molar-refractivity contribution in [2.24, 2.45) is 0 Å². The highest BCUT2D eigenvalue weighted by molar-refractivity contribution is 9.10. The third kappa shape index (κ3) is 8.48. The maximum atomic E-state index is 9.19. The van der Waals surface area contributed by atoms with Gasteiger partial charge in [-0.3, -0.25) is 0 Å². The fourth-order valence-electron chi connectivity index (χ4n) is 5.67. The quantitative estimate of drug-likeness (QED) is 0.176. The van der Waals surface area contributed by atoms with Gasteiger partial charge in [-0.1, -0.05) is 80.4 Å². The van der Waals surface area contributed by atoms with Crippen LogP contribution in [-0.2, 0) is 9.31 Å². The van der Waals surface area contributed by atoms with E-state index in [-0.39, 0.29) is 18.3 Å². The first kappa shape index (κ1) is 34.9. The number of halogens is 2. The molecule has 0 unspecified atom stereocenters. The molecule has 6 aromatic carbocycles. The Morgan fingerprint density at radius 1 is 0.540 bits per heavy atom. The predicted molar refractivity (Wildman–Crippen MR) is 212 cm³/mol. The predicted octanol–water partition coefficient (Wildman–Crippen LogP) is 11.1. The molecule has 8 heteroatoms. The number of ether oxygens (including phenoxy) is 2. The van der Waals surface area contributed by atoms with E-state index in [0.717, 1.165) is 36.7 Å². The van der Waals surface area contributed by atoms with Gasteiger partial charge in [0.1, 0.15) is 17.2 Å². The lowest BCUT2D eigenvalue weighted by Crippen LogP contribution is -2.41. The van der Waals surface area contributed by atoms with Gasteiger partial charge < -0.3 is 23.9 Å². The van der Waals surface area contributed by atoms with Crippen molar-refractivity contribution >= 4 is 76.8 Å². The van der Waals surface area contributed by atoms with Gasteiger partial charge in [0.15, 0.2) is 0 Å². The molecule has 0 radical (unpaired) electrons.